The Balaban J connectivity index is 2.64. The highest BCUT2D eigenvalue weighted by atomic mass is 32.1. The highest BCUT2D eigenvalue weighted by Crippen LogP contribution is 2.19. The molecule has 0 spiro atoms. The Labute approximate surface area is 117 Å². The molecular formula is C13H17N3O2S. The molecule has 0 saturated heterocycles. The number of carbonyl (C=O) groups excluding carboxylic acids is 1. The van der Waals surface area contributed by atoms with E-state index < -0.39 is 0 Å². The number of para-hydroxylation sites is 1. The first-order chi connectivity index (χ1) is 9.13. The van der Waals surface area contributed by atoms with Crippen LogP contribution in [0.5, 0.6) is 5.75 Å². The Kier molecular flexibility index (Phi) is 6.38. The quantitative estimate of drug-likeness (QED) is 0.431. The molecule has 0 fully saturated rings. The van der Waals surface area contributed by atoms with Crippen molar-refractivity contribution in [2.45, 2.75) is 13.3 Å². The van der Waals surface area contributed by atoms with Crippen LogP contribution in [0.3, 0.4) is 0 Å². The number of carbonyl (C=O) groups is 1. The van der Waals surface area contributed by atoms with Gasteiger partial charge in [0, 0.05) is 11.6 Å². The molecule has 1 aromatic rings. The molecule has 0 heterocycles. The van der Waals surface area contributed by atoms with E-state index in [1.807, 2.05) is 31.2 Å². The first kappa shape index (κ1) is 15.0. The van der Waals surface area contributed by atoms with Crippen molar-refractivity contribution in [1.29, 1.82) is 0 Å². The second-order valence-electron chi connectivity index (χ2n) is 3.70. The van der Waals surface area contributed by atoms with Crippen LogP contribution in [0.2, 0.25) is 0 Å². The van der Waals surface area contributed by atoms with Gasteiger partial charge in [0.25, 0.3) is 5.91 Å². The summed E-state index contributed by atoms with van der Waals surface area (Å²) < 4.78 is 5.58. The van der Waals surface area contributed by atoms with Crippen molar-refractivity contribution in [3.8, 4) is 5.75 Å². The lowest BCUT2D eigenvalue weighted by molar-refractivity contribution is -0.116. The minimum absolute atomic E-state index is 0.00780. The number of hydrogen-bond acceptors (Lipinski definition) is 3. The van der Waals surface area contributed by atoms with E-state index in [1.54, 1.807) is 6.08 Å². The monoisotopic (exact) mass is 279 g/mol. The number of hydrazine groups is 1. The summed E-state index contributed by atoms with van der Waals surface area (Å²) in [5.74, 6) is 0.397. The summed E-state index contributed by atoms with van der Waals surface area (Å²) >= 11 is 4.57. The lowest BCUT2D eigenvalue weighted by atomic mass is 10.2. The first-order valence-corrected chi connectivity index (χ1v) is 6.29. The summed E-state index contributed by atoms with van der Waals surface area (Å²) in [7, 11) is 0. The van der Waals surface area contributed by atoms with E-state index in [1.165, 1.54) is 6.08 Å². The second kappa shape index (κ2) is 8.10. The van der Waals surface area contributed by atoms with E-state index in [9.17, 15) is 4.79 Å². The Morgan fingerprint density at radius 3 is 2.84 bits per heavy atom. The van der Waals surface area contributed by atoms with Crippen molar-refractivity contribution in [3.05, 3.63) is 35.9 Å². The van der Waals surface area contributed by atoms with Crippen LogP contribution in [0.4, 0.5) is 0 Å². The summed E-state index contributed by atoms with van der Waals surface area (Å²) in [6.07, 6.45) is 3.97. The van der Waals surface area contributed by atoms with E-state index >= 15 is 0 Å². The van der Waals surface area contributed by atoms with Crippen LogP contribution in [0.25, 0.3) is 6.08 Å². The lowest BCUT2D eigenvalue weighted by Gasteiger charge is -2.07. The Morgan fingerprint density at radius 1 is 1.42 bits per heavy atom. The third-order valence-corrected chi connectivity index (χ3v) is 2.21. The third kappa shape index (κ3) is 5.87. The highest BCUT2D eigenvalue weighted by molar-refractivity contribution is 7.80. The van der Waals surface area contributed by atoms with Gasteiger partial charge in [0.2, 0.25) is 0 Å². The smallest absolute Gasteiger partial charge is 0.262 e. The molecule has 0 unspecified atom stereocenters. The Bertz CT molecular complexity index is 475. The molecule has 19 heavy (non-hydrogen) atoms. The van der Waals surface area contributed by atoms with E-state index in [0.717, 1.165) is 17.7 Å². The molecule has 1 amide bonds. The molecule has 6 heteroatoms. The minimum atomic E-state index is -0.349. The molecule has 1 rings (SSSR count). The van der Waals surface area contributed by atoms with Gasteiger partial charge in [0.15, 0.2) is 5.11 Å². The Hall–Kier alpha value is -2.08. The largest absolute Gasteiger partial charge is 0.493 e. The van der Waals surface area contributed by atoms with Crippen molar-refractivity contribution in [3.63, 3.8) is 0 Å². The topological polar surface area (TPSA) is 76.4 Å². The molecule has 102 valence electrons. The number of benzene rings is 1. The van der Waals surface area contributed by atoms with Crippen LogP contribution >= 0.6 is 12.2 Å². The van der Waals surface area contributed by atoms with E-state index in [2.05, 4.69) is 23.1 Å². The summed E-state index contributed by atoms with van der Waals surface area (Å²) in [5.41, 5.74) is 10.7. The number of nitrogens with one attached hydrogen (secondary N) is 2. The Morgan fingerprint density at radius 2 is 2.16 bits per heavy atom. The van der Waals surface area contributed by atoms with Crippen molar-refractivity contribution in [1.82, 2.24) is 10.9 Å². The highest BCUT2D eigenvalue weighted by Gasteiger charge is 2.00. The van der Waals surface area contributed by atoms with Crippen LogP contribution < -0.4 is 21.3 Å². The van der Waals surface area contributed by atoms with E-state index in [0.29, 0.717) is 6.61 Å². The van der Waals surface area contributed by atoms with Crippen LogP contribution in [0, 0.1) is 0 Å². The van der Waals surface area contributed by atoms with Crippen LogP contribution in [0.1, 0.15) is 18.9 Å². The maximum absolute atomic E-state index is 11.4. The number of nitrogens with two attached hydrogens (primary N) is 1. The number of rotatable bonds is 5. The van der Waals surface area contributed by atoms with Crippen LogP contribution in [-0.4, -0.2) is 17.6 Å². The number of amides is 1. The predicted molar refractivity (Wildman–Crippen MR) is 79.3 cm³/mol. The predicted octanol–water partition coefficient (Wildman–Crippen LogP) is 1.35. The number of hydrogen-bond donors (Lipinski definition) is 3. The summed E-state index contributed by atoms with van der Waals surface area (Å²) in [5, 5.41) is 0.00780. The molecule has 0 atom stereocenters. The average Bonchev–Trinajstić information content (AvgIpc) is 2.41. The molecule has 0 saturated carbocycles. The first-order valence-electron chi connectivity index (χ1n) is 5.88. The number of thiocarbonyl (C=S) groups is 1. The summed E-state index contributed by atoms with van der Waals surface area (Å²) in [4.78, 5) is 11.4. The fourth-order valence-corrected chi connectivity index (χ4v) is 1.34. The van der Waals surface area contributed by atoms with Gasteiger partial charge in [-0.25, -0.2) is 0 Å². The normalized spacial score (nSPS) is 10.2. The lowest BCUT2D eigenvalue weighted by Crippen LogP contribution is -2.43. The van der Waals surface area contributed by atoms with Gasteiger partial charge in [-0.05, 0) is 30.8 Å². The zero-order valence-electron chi connectivity index (χ0n) is 10.7. The third-order valence-electron chi connectivity index (χ3n) is 2.10. The molecule has 1 aromatic carbocycles. The second-order valence-corrected chi connectivity index (χ2v) is 4.14. The molecular weight excluding hydrogens is 262 g/mol. The van der Waals surface area contributed by atoms with Gasteiger partial charge in [-0.15, -0.1) is 0 Å². The molecule has 0 aliphatic rings. The summed E-state index contributed by atoms with van der Waals surface area (Å²) in [6, 6.07) is 7.50. The molecule has 4 N–H and O–H groups in total. The standard InChI is InChI=1S/C13H17N3O2S/c1-2-9-18-11-6-4-3-5-10(11)7-8-12(17)15-16-13(14)19/h3-8H,2,9H2,1H3,(H,15,17)(H3,14,16,19)/b8-7+. The van der Waals surface area contributed by atoms with Gasteiger partial charge in [0.1, 0.15) is 5.75 Å². The van der Waals surface area contributed by atoms with Crippen molar-refractivity contribution in [2.24, 2.45) is 5.73 Å². The molecule has 5 nitrogen and oxygen atoms in total. The van der Waals surface area contributed by atoms with Gasteiger partial charge in [0.05, 0.1) is 6.61 Å². The van der Waals surface area contributed by atoms with E-state index in [-0.39, 0.29) is 11.0 Å². The zero-order valence-corrected chi connectivity index (χ0v) is 11.5. The molecule has 0 aliphatic heterocycles. The van der Waals surface area contributed by atoms with Crippen molar-refractivity contribution >= 4 is 29.3 Å². The van der Waals surface area contributed by atoms with Gasteiger partial charge in [-0.3, -0.25) is 15.6 Å². The van der Waals surface area contributed by atoms with Gasteiger partial charge < -0.3 is 10.5 Å². The molecule has 0 aromatic heterocycles. The molecule has 0 bridgehead atoms. The maximum atomic E-state index is 11.4. The van der Waals surface area contributed by atoms with Crippen LogP contribution in [0.15, 0.2) is 30.3 Å². The fraction of sp³-hybridized carbons (Fsp3) is 0.231. The van der Waals surface area contributed by atoms with Crippen molar-refractivity contribution in [2.75, 3.05) is 6.61 Å². The van der Waals surface area contributed by atoms with E-state index in [4.69, 9.17) is 10.5 Å². The SMILES string of the molecule is CCCOc1ccccc1/C=C/C(=O)NNC(N)=S. The molecule has 0 aliphatic carbocycles. The van der Waals surface area contributed by atoms with Gasteiger partial charge >= 0.3 is 0 Å². The zero-order chi connectivity index (χ0) is 14.1. The van der Waals surface area contributed by atoms with Crippen LogP contribution in [-0.2, 0) is 4.79 Å². The maximum Gasteiger partial charge on any atom is 0.262 e. The van der Waals surface area contributed by atoms with Gasteiger partial charge in [-0.1, -0.05) is 25.1 Å². The minimum Gasteiger partial charge on any atom is -0.493 e. The number of ether oxygens (including phenoxy) is 1. The molecule has 0 radical (unpaired) electrons. The van der Waals surface area contributed by atoms with Crippen molar-refractivity contribution < 1.29 is 9.53 Å². The average molecular weight is 279 g/mol. The fourth-order valence-electron chi connectivity index (χ4n) is 1.29. The summed E-state index contributed by atoms with van der Waals surface area (Å²) in [6.45, 7) is 2.67. The van der Waals surface area contributed by atoms with Gasteiger partial charge in [-0.2, -0.15) is 0 Å².